The Bertz CT molecular complexity index is 843. The number of benzene rings is 2. The highest BCUT2D eigenvalue weighted by Crippen LogP contribution is 2.14. The zero-order chi connectivity index (χ0) is 17.6. The van der Waals surface area contributed by atoms with Crippen LogP contribution in [0, 0.1) is 0 Å². The normalized spacial score (nSPS) is 11.7. The van der Waals surface area contributed by atoms with E-state index in [0.717, 1.165) is 16.6 Å². The first kappa shape index (κ1) is 16.5. The second-order valence-corrected chi connectivity index (χ2v) is 5.47. The van der Waals surface area contributed by atoms with Crippen LogP contribution in [0.5, 0.6) is 0 Å². The number of fused-ring (bicyclic) bond motifs is 1. The van der Waals surface area contributed by atoms with Gasteiger partial charge in [0.2, 0.25) is 11.9 Å². The Labute approximate surface area is 144 Å². The summed E-state index contributed by atoms with van der Waals surface area (Å²) in [6, 6.07) is 16.1. The minimum Gasteiger partial charge on any atom is -0.453 e. The van der Waals surface area contributed by atoms with Crippen LogP contribution >= 0.6 is 0 Å². The Morgan fingerprint density at radius 3 is 2.56 bits per heavy atom. The minimum atomic E-state index is -0.789. The first-order chi connectivity index (χ1) is 12.2. The zero-order valence-electron chi connectivity index (χ0n) is 13.7. The number of rotatable bonds is 5. The fraction of sp³-hybridized carbons (Fsp3) is 0.167. The van der Waals surface area contributed by atoms with E-state index in [1.165, 1.54) is 7.11 Å². The SMILES string of the molecule is COC(=O)N[C@@H](Cc1ccccc1)C(=O)Nc1nc2ccccc2[nH]1. The third-order valence-electron chi connectivity index (χ3n) is 3.71. The average Bonchev–Trinajstić information content (AvgIpc) is 3.04. The fourth-order valence-corrected chi connectivity index (χ4v) is 2.48. The van der Waals surface area contributed by atoms with Gasteiger partial charge in [0, 0.05) is 6.42 Å². The third-order valence-corrected chi connectivity index (χ3v) is 3.71. The van der Waals surface area contributed by atoms with Crippen molar-refractivity contribution in [2.45, 2.75) is 12.5 Å². The Morgan fingerprint density at radius 1 is 1.12 bits per heavy atom. The summed E-state index contributed by atoms with van der Waals surface area (Å²) in [7, 11) is 1.26. The van der Waals surface area contributed by atoms with Crippen LogP contribution in [0.3, 0.4) is 0 Å². The van der Waals surface area contributed by atoms with E-state index < -0.39 is 12.1 Å². The molecular formula is C18H18N4O3. The fourth-order valence-electron chi connectivity index (χ4n) is 2.48. The number of hydrogen-bond donors (Lipinski definition) is 3. The predicted octanol–water partition coefficient (Wildman–Crippen LogP) is 2.47. The molecule has 0 radical (unpaired) electrons. The van der Waals surface area contributed by atoms with Gasteiger partial charge in [0.05, 0.1) is 18.1 Å². The van der Waals surface area contributed by atoms with Crippen molar-refractivity contribution >= 4 is 29.0 Å². The lowest BCUT2D eigenvalue weighted by Crippen LogP contribution is -2.45. The number of anilines is 1. The molecule has 2 aromatic carbocycles. The van der Waals surface area contributed by atoms with Crippen molar-refractivity contribution in [3.05, 3.63) is 60.2 Å². The van der Waals surface area contributed by atoms with Crippen molar-refractivity contribution in [3.63, 3.8) is 0 Å². The van der Waals surface area contributed by atoms with Crippen LogP contribution in [0.25, 0.3) is 11.0 Å². The number of amides is 2. The van der Waals surface area contributed by atoms with Gasteiger partial charge in [-0.15, -0.1) is 0 Å². The highest BCUT2D eigenvalue weighted by Gasteiger charge is 2.22. The average molecular weight is 338 g/mol. The van der Waals surface area contributed by atoms with Crippen molar-refractivity contribution in [1.82, 2.24) is 15.3 Å². The molecule has 7 nitrogen and oxygen atoms in total. The number of ether oxygens (including phenoxy) is 1. The van der Waals surface area contributed by atoms with E-state index in [-0.39, 0.29) is 5.91 Å². The molecule has 1 heterocycles. The molecule has 7 heteroatoms. The molecule has 3 N–H and O–H groups in total. The molecular weight excluding hydrogens is 320 g/mol. The number of imidazole rings is 1. The Balaban J connectivity index is 1.76. The summed E-state index contributed by atoms with van der Waals surface area (Å²) in [6.07, 6.45) is -0.331. The van der Waals surface area contributed by atoms with Crippen molar-refractivity contribution in [1.29, 1.82) is 0 Å². The number of H-pyrrole nitrogens is 1. The summed E-state index contributed by atoms with van der Waals surface area (Å²) < 4.78 is 4.61. The lowest BCUT2D eigenvalue weighted by atomic mass is 10.1. The van der Waals surface area contributed by atoms with E-state index in [2.05, 4.69) is 25.3 Å². The van der Waals surface area contributed by atoms with Gasteiger partial charge >= 0.3 is 6.09 Å². The smallest absolute Gasteiger partial charge is 0.407 e. The van der Waals surface area contributed by atoms with Crippen molar-refractivity contribution in [3.8, 4) is 0 Å². The van der Waals surface area contributed by atoms with Crippen LogP contribution in [0.15, 0.2) is 54.6 Å². The van der Waals surface area contributed by atoms with E-state index in [0.29, 0.717) is 12.4 Å². The quantitative estimate of drug-likeness (QED) is 0.666. The van der Waals surface area contributed by atoms with Crippen molar-refractivity contribution in [2.75, 3.05) is 12.4 Å². The number of carbonyl (C=O) groups is 2. The maximum absolute atomic E-state index is 12.6. The molecule has 0 aliphatic carbocycles. The van der Waals surface area contributed by atoms with Crippen LogP contribution in [0.1, 0.15) is 5.56 Å². The summed E-state index contributed by atoms with van der Waals surface area (Å²) in [6.45, 7) is 0. The lowest BCUT2D eigenvalue weighted by molar-refractivity contribution is -0.118. The molecule has 1 atom stereocenters. The highest BCUT2D eigenvalue weighted by atomic mass is 16.5. The second kappa shape index (κ2) is 7.48. The van der Waals surface area contributed by atoms with Crippen LogP contribution < -0.4 is 10.6 Å². The number of carbonyl (C=O) groups excluding carboxylic acids is 2. The molecule has 1 aromatic heterocycles. The van der Waals surface area contributed by atoms with Gasteiger partial charge in [-0.3, -0.25) is 10.1 Å². The van der Waals surface area contributed by atoms with Gasteiger partial charge in [-0.2, -0.15) is 0 Å². The first-order valence-electron chi connectivity index (χ1n) is 7.80. The summed E-state index contributed by atoms with van der Waals surface area (Å²) in [5.41, 5.74) is 2.49. The van der Waals surface area contributed by atoms with Crippen LogP contribution in [-0.2, 0) is 16.0 Å². The number of hydrogen-bond acceptors (Lipinski definition) is 4. The summed E-state index contributed by atoms with van der Waals surface area (Å²) in [5.74, 6) is -0.0516. The number of methoxy groups -OCH3 is 1. The van der Waals surface area contributed by atoms with Gasteiger partial charge in [0.15, 0.2) is 0 Å². The molecule has 0 saturated heterocycles. The van der Waals surface area contributed by atoms with Crippen molar-refractivity contribution in [2.24, 2.45) is 0 Å². The predicted molar refractivity (Wildman–Crippen MR) is 94.2 cm³/mol. The molecule has 0 aliphatic rings. The van der Waals surface area contributed by atoms with E-state index in [1.54, 1.807) is 0 Å². The number of aromatic nitrogens is 2. The minimum absolute atomic E-state index is 0.330. The lowest BCUT2D eigenvalue weighted by Gasteiger charge is -2.17. The molecule has 0 saturated carbocycles. The van der Waals surface area contributed by atoms with Gasteiger partial charge < -0.3 is 15.0 Å². The van der Waals surface area contributed by atoms with Gasteiger partial charge in [0.1, 0.15) is 6.04 Å². The van der Waals surface area contributed by atoms with E-state index >= 15 is 0 Å². The molecule has 3 aromatic rings. The summed E-state index contributed by atoms with van der Waals surface area (Å²) >= 11 is 0. The van der Waals surface area contributed by atoms with Gasteiger partial charge in [-0.25, -0.2) is 9.78 Å². The molecule has 0 spiro atoms. The number of aromatic amines is 1. The van der Waals surface area contributed by atoms with Crippen LogP contribution in [-0.4, -0.2) is 35.1 Å². The number of alkyl carbamates (subject to hydrolysis) is 1. The van der Waals surface area contributed by atoms with Gasteiger partial charge in [-0.05, 0) is 17.7 Å². The van der Waals surface area contributed by atoms with Gasteiger partial charge in [0.25, 0.3) is 0 Å². The molecule has 0 aliphatic heterocycles. The molecule has 25 heavy (non-hydrogen) atoms. The topological polar surface area (TPSA) is 96.1 Å². The molecule has 0 unspecified atom stereocenters. The monoisotopic (exact) mass is 338 g/mol. The number of nitrogens with zero attached hydrogens (tertiary/aromatic N) is 1. The summed E-state index contributed by atoms with van der Waals surface area (Å²) in [5, 5.41) is 5.26. The Morgan fingerprint density at radius 2 is 1.84 bits per heavy atom. The Hall–Kier alpha value is -3.35. The van der Waals surface area contributed by atoms with E-state index in [1.807, 2.05) is 54.6 Å². The second-order valence-electron chi connectivity index (χ2n) is 5.47. The highest BCUT2D eigenvalue weighted by molar-refractivity contribution is 5.96. The van der Waals surface area contributed by atoms with Crippen molar-refractivity contribution < 1.29 is 14.3 Å². The molecule has 0 fully saturated rings. The number of nitrogens with one attached hydrogen (secondary N) is 3. The maximum Gasteiger partial charge on any atom is 0.407 e. The van der Waals surface area contributed by atoms with Gasteiger partial charge in [-0.1, -0.05) is 42.5 Å². The summed E-state index contributed by atoms with van der Waals surface area (Å²) in [4.78, 5) is 31.5. The molecule has 2 amide bonds. The molecule has 128 valence electrons. The molecule has 0 bridgehead atoms. The molecule has 3 rings (SSSR count). The van der Waals surface area contributed by atoms with Crippen LogP contribution in [0.2, 0.25) is 0 Å². The Kier molecular flexibility index (Phi) is 4.94. The van der Waals surface area contributed by atoms with E-state index in [4.69, 9.17) is 0 Å². The van der Waals surface area contributed by atoms with Crippen LogP contribution in [0.4, 0.5) is 10.7 Å². The largest absolute Gasteiger partial charge is 0.453 e. The standard InChI is InChI=1S/C18H18N4O3/c1-25-18(24)21-15(11-12-7-3-2-4-8-12)16(23)22-17-19-13-9-5-6-10-14(13)20-17/h2-10,15H,11H2,1H3,(H,21,24)(H2,19,20,22,23)/t15-/m0/s1. The first-order valence-corrected chi connectivity index (χ1v) is 7.80. The number of para-hydroxylation sites is 2. The maximum atomic E-state index is 12.6. The third kappa shape index (κ3) is 4.14. The zero-order valence-corrected chi connectivity index (χ0v) is 13.7. The van der Waals surface area contributed by atoms with E-state index in [9.17, 15) is 9.59 Å².